The number of likely N-dealkylation sites (tertiary alicyclic amines) is 2. The zero-order chi connectivity index (χ0) is 25.1. The van der Waals surface area contributed by atoms with Crippen LogP contribution in [-0.4, -0.2) is 64.7 Å². The van der Waals surface area contributed by atoms with E-state index >= 15 is 0 Å². The SMILES string of the molecule is CCO/N=C(\c1ccc(Br)cc1)C1CCN(C2(C)CCN(C(=O)c3ccc4cc[nH]c4c3)CC2)CC1. The number of carbonyl (C=O) groups is 1. The van der Waals surface area contributed by atoms with E-state index in [9.17, 15) is 4.79 Å². The quantitative estimate of drug-likeness (QED) is 0.299. The summed E-state index contributed by atoms with van der Waals surface area (Å²) in [5, 5.41) is 5.67. The van der Waals surface area contributed by atoms with Crippen LogP contribution >= 0.6 is 15.9 Å². The maximum absolute atomic E-state index is 13.2. The minimum absolute atomic E-state index is 0.125. The summed E-state index contributed by atoms with van der Waals surface area (Å²) in [5.74, 6) is 0.528. The topological polar surface area (TPSA) is 60.9 Å². The van der Waals surface area contributed by atoms with Crippen molar-refractivity contribution in [2.45, 2.75) is 45.1 Å². The van der Waals surface area contributed by atoms with Crippen LogP contribution in [0.2, 0.25) is 0 Å². The lowest BCUT2D eigenvalue weighted by Crippen LogP contribution is -2.56. The third-order valence-electron chi connectivity index (χ3n) is 8.01. The summed E-state index contributed by atoms with van der Waals surface area (Å²) in [4.78, 5) is 26.6. The van der Waals surface area contributed by atoms with Gasteiger partial charge in [-0.25, -0.2) is 0 Å². The number of fused-ring (bicyclic) bond motifs is 1. The number of benzene rings is 2. The van der Waals surface area contributed by atoms with Crippen molar-refractivity contribution in [2.75, 3.05) is 32.8 Å². The molecule has 7 heteroatoms. The smallest absolute Gasteiger partial charge is 0.253 e. The van der Waals surface area contributed by atoms with Gasteiger partial charge in [-0.05, 0) is 93.9 Å². The van der Waals surface area contributed by atoms with Gasteiger partial charge in [0.25, 0.3) is 5.91 Å². The molecular weight excluding hydrogens is 516 g/mol. The van der Waals surface area contributed by atoms with Crippen LogP contribution in [0.5, 0.6) is 0 Å². The van der Waals surface area contributed by atoms with Crippen molar-refractivity contribution < 1.29 is 9.63 Å². The van der Waals surface area contributed by atoms with Crippen molar-refractivity contribution in [3.05, 3.63) is 70.3 Å². The molecule has 36 heavy (non-hydrogen) atoms. The lowest BCUT2D eigenvalue weighted by Gasteiger charge is -2.49. The number of H-pyrrole nitrogens is 1. The third kappa shape index (κ3) is 5.23. The highest BCUT2D eigenvalue weighted by atomic mass is 79.9. The first kappa shape index (κ1) is 25.0. The minimum Gasteiger partial charge on any atom is -0.396 e. The Kier molecular flexibility index (Phi) is 7.49. The molecule has 0 unspecified atom stereocenters. The van der Waals surface area contributed by atoms with Gasteiger partial charge in [0, 0.05) is 46.3 Å². The van der Waals surface area contributed by atoms with Crippen molar-refractivity contribution in [1.82, 2.24) is 14.8 Å². The number of piperidine rings is 2. The van der Waals surface area contributed by atoms with Gasteiger partial charge < -0.3 is 14.7 Å². The van der Waals surface area contributed by atoms with E-state index in [0.717, 1.165) is 84.1 Å². The molecule has 1 N–H and O–H groups in total. The molecule has 5 rings (SSSR count). The van der Waals surface area contributed by atoms with Crippen LogP contribution in [0.1, 0.15) is 55.5 Å². The number of carbonyl (C=O) groups excluding carboxylic acids is 1. The summed E-state index contributed by atoms with van der Waals surface area (Å²) in [5.41, 5.74) is 4.11. The molecule has 190 valence electrons. The van der Waals surface area contributed by atoms with Crippen molar-refractivity contribution in [3.8, 4) is 0 Å². The van der Waals surface area contributed by atoms with E-state index < -0.39 is 0 Å². The molecule has 3 aromatic rings. The van der Waals surface area contributed by atoms with Gasteiger partial charge in [0.05, 0.1) is 5.71 Å². The molecule has 2 saturated heterocycles. The van der Waals surface area contributed by atoms with Crippen molar-refractivity contribution in [2.24, 2.45) is 11.1 Å². The molecule has 3 heterocycles. The molecule has 2 fully saturated rings. The highest BCUT2D eigenvalue weighted by molar-refractivity contribution is 9.10. The second kappa shape index (κ2) is 10.8. The maximum Gasteiger partial charge on any atom is 0.253 e. The van der Waals surface area contributed by atoms with Crippen LogP contribution in [0.4, 0.5) is 0 Å². The molecule has 0 saturated carbocycles. The van der Waals surface area contributed by atoms with Crippen LogP contribution < -0.4 is 0 Å². The first-order chi connectivity index (χ1) is 17.5. The standard InChI is InChI=1S/C29H35BrN4O2/c1-3-36-32-27(22-6-8-25(30)9-7-22)23-11-16-34(17-12-23)29(2)13-18-33(19-14-29)28(35)24-5-4-21-10-15-31-26(21)20-24/h4-10,15,20,23,31H,3,11-14,16-19H2,1-2H3/b32-27+. The van der Waals surface area contributed by atoms with Gasteiger partial charge in [-0.2, -0.15) is 0 Å². The lowest BCUT2D eigenvalue weighted by molar-refractivity contribution is 0.0161. The van der Waals surface area contributed by atoms with E-state index in [1.54, 1.807) is 0 Å². The number of nitrogens with zero attached hydrogens (tertiary/aromatic N) is 3. The molecule has 2 aromatic carbocycles. The van der Waals surface area contributed by atoms with Crippen LogP contribution in [0, 0.1) is 5.92 Å². The Bertz CT molecular complexity index is 1220. The number of aromatic amines is 1. The fourth-order valence-corrected chi connectivity index (χ4v) is 5.95. The third-order valence-corrected chi connectivity index (χ3v) is 8.54. The fourth-order valence-electron chi connectivity index (χ4n) is 5.68. The molecule has 6 nitrogen and oxygen atoms in total. The Morgan fingerprint density at radius 2 is 1.75 bits per heavy atom. The van der Waals surface area contributed by atoms with E-state index in [-0.39, 0.29) is 11.4 Å². The largest absolute Gasteiger partial charge is 0.396 e. The number of hydrogen-bond acceptors (Lipinski definition) is 4. The molecule has 2 aliphatic rings. The first-order valence-corrected chi connectivity index (χ1v) is 13.8. The highest BCUT2D eigenvalue weighted by Gasteiger charge is 2.39. The minimum atomic E-state index is 0.125. The Hall–Kier alpha value is -2.64. The number of amides is 1. The number of hydrogen-bond donors (Lipinski definition) is 1. The van der Waals surface area contributed by atoms with Crippen molar-refractivity contribution >= 4 is 38.5 Å². The lowest BCUT2D eigenvalue weighted by atomic mass is 9.82. The molecule has 0 spiro atoms. The van der Waals surface area contributed by atoms with Gasteiger partial charge in [-0.3, -0.25) is 9.69 Å². The summed E-state index contributed by atoms with van der Waals surface area (Å²) in [6, 6.07) is 16.4. The molecule has 2 aliphatic heterocycles. The molecule has 0 atom stereocenters. The zero-order valence-electron chi connectivity index (χ0n) is 21.2. The summed E-state index contributed by atoms with van der Waals surface area (Å²) in [7, 11) is 0. The van der Waals surface area contributed by atoms with E-state index in [4.69, 9.17) is 4.84 Å². The number of aromatic nitrogens is 1. The molecule has 0 radical (unpaired) electrons. The predicted molar refractivity (Wildman–Crippen MR) is 148 cm³/mol. The molecule has 1 amide bonds. The Morgan fingerprint density at radius 3 is 2.44 bits per heavy atom. The van der Waals surface area contributed by atoms with E-state index in [1.807, 2.05) is 42.3 Å². The van der Waals surface area contributed by atoms with Gasteiger partial charge in [0.1, 0.15) is 6.61 Å². The zero-order valence-corrected chi connectivity index (χ0v) is 22.8. The van der Waals surface area contributed by atoms with Gasteiger partial charge in [-0.1, -0.05) is 39.3 Å². The molecule has 0 aliphatic carbocycles. The highest BCUT2D eigenvalue weighted by Crippen LogP contribution is 2.34. The first-order valence-electron chi connectivity index (χ1n) is 13.0. The van der Waals surface area contributed by atoms with Crippen LogP contribution in [0.15, 0.2) is 64.4 Å². The van der Waals surface area contributed by atoms with Gasteiger partial charge in [0.15, 0.2) is 0 Å². The van der Waals surface area contributed by atoms with Crippen LogP contribution in [0.3, 0.4) is 0 Å². The van der Waals surface area contributed by atoms with Crippen LogP contribution in [0.25, 0.3) is 10.9 Å². The van der Waals surface area contributed by atoms with E-state index in [0.29, 0.717) is 12.5 Å². The summed E-state index contributed by atoms with van der Waals surface area (Å²) >= 11 is 3.53. The second-order valence-corrected chi connectivity index (χ2v) is 11.1. The van der Waals surface area contributed by atoms with E-state index in [1.165, 1.54) is 0 Å². The average molecular weight is 552 g/mol. The monoisotopic (exact) mass is 550 g/mol. The average Bonchev–Trinajstić information content (AvgIpc) is 3.38. The fraction of sp³-hybridized carbons (Fsp3) is 0.448. The Balaban J connectivity index is 1.19. The van der Waals surface area contributed by atoms with Crippen molar-refractivity contribution in [1.29, 1.82) is 0 Å². The van der Waals surface area contributed by atoms with Gasteiger partial charge >= 0.3 is 0 Å². The van der Waals surface area contributed by atoms with Gasteiger partial charge in [-0.15, -0.1) is 0 Å². The predicted octanol–water partition coefficient (Wildman–Crippen LogP) is 6.08. The second-order valence-electron chi connectivity index (χ2n) is 10.2. The molecular formula is C29H35BrN4O2. The Labute approximate surface area is 221 Å². The molecule has 0 bridgehead atoms. The molecule has 1 aromatic heterocycles. The Morgan fingerprint density at radius 1 is 1.06 bits per heavy atom. The normalized spacial score (nSPS) is 19.5. The maximum atomic E-state index is 13.2. The number of oxime groups is 1. The van der Waals surface area contributed by atoms with Gasteiger partial charge in [0.2, 0.25) is 0 Å². The summed E-state index contributed by atoms with van der Waals surface area (Å²) < 4.78 is 1.07. The van der Waals surface area contributed by atoms with Crippen molar-refractivity contribution in [3.63, 3.8) is 0 Å². The van der Waals surface area contributed by atoms with E-state index in [2.05, 4.69) is 62.2 Å². The number of rotatable bonds is 6. The summed E-state index contributed by atoms with van der Waals surface area (Å²) in [6.45, 7) is 8.61. The number of nitrogens with one attached hydrogen (secondary N) is 1. The summed E-state index contributed by atoms with van der Waals surface area (Å²) in [6.07, 6.45) is 6.05. The van der Waals surface area contributed by atoms with Crippen LogP contribution in [-0.2, 0) is 4.84 Å². The number of halogens is 1.